The number of carbonyl (C=O) groups is 1. The summed E-state index contributed by atoms with van der Waals surface area (Å²) in [5, 5.41) is 13.7. The summed E-state index contributed by atoms with van der Waals surface area (Å²) in [4.78, 5) is 21.0. The third kappa shape index (κ3) is 4.14. The van der Waals surface area contributed by atoms with Crippen molar-refractivity contribution in [3.05, 3.63) is 39.9 Å². The number of primary amides is 1. The van der Waals surface area contributed by atoms with Crippen molar-refractivity contribution in [2.24, 2.45) is 5.73 Å². The summed E-state index contributed by atoms with van der Waals surface area (Å²) in [6.45, 7) is 2.07. The van der Waals surface area contributed by atoms with Crippen LogP contribution in [0, 0.1) is 10.1 Å². The molecule has 0 aliphatic carbocycles. The van der Waals surface area contributed by atoms with Crippen molar-refractivity contribution in [3.8, 4) is 0 Å². The number of carbonyl (C=O) groups excluding carboxylic acids is 1. The molecule has 0 aliphatic rings. The van der Waals surface area contributed by atoms with Crippen LogP contribution in [0.4, 0.5) is 5.69 Å². The fraction of sp³-hybridized carbons (Fsp3) is 0.417. The summed E-state index contributed by atoms with van der Waals surface area (Å²) < 4.78 is 0. The largest absolute Gasteiger partial charge is 0.369 e. The number of non-ortho nitro benzene ring substituents is 1. The first kappa shape index (κ1) is 14.1. The number of amides is 1. The summed E-state index contributed by atoms with van der Waals surface area (Å²) in [7, 11) is 0. The van der Waals surface area contributed by atoms with Crippen molar-refractivity contribution in [1.82, 2.24) is 5.32 Å². The predicted molar refractivity (Wildman–Crippen MR) is 67.9 cm³/mol. The molecule has 3 N–H and O–H groups in total. The van der Waals surface area contributed by atoms with Crippen LogP contribution in [0.2, 0.25) is 0 Å². The lowest BCUT2D eigenvalue weighted by Gasteiger charge is -2.17. The molecule has 0 spiro atoms. The van der Waals surface area contributed by atoms with Crippen molar-refractivity contribution in [1.29, 1.82) is 0 Å². The minimum Gasteiger partial charge on any atom is -0.369 e. The summed E-state index contributed by atoms with van der Waals surface area (Å²) in [5.41, 5.74) is 5.93. The van der Waals surface area contributed by atoms with Crippen molar-refractivity contribution >= 4 is 11.6 Å². The molecule has 98 valence electrons. The van der Waals surface area contributed by atoms with Crippen LogP contribution in [0.15, 0.2) is 24.3 Å². The van der Waals surface area contributed by atoms with E-state index in [4.69, 9.17) is 5.73 Å². The molecule has 0 saturated heterocycles. The molecule has 0 aromatic heterocycles. The van der Waals surface area contributed by atoms with E-state index in [9.17, 15) is 14.9 Å². The fourth-order valence-corrected chi connectivity index (χ4v) is 1.75. The lowest BCUT2D eigenvalue weighted by atomic mass is 10.0. The second kappa shape index (κ2) is 6.70. The Balaban J connectivity index is 2.86. The highest BCUT2D eigenvalue weighted by Crippen LogP contribution is 2.22. The summed E-state index contributed by atoms with van der Waals surface area (Å²) in [6.07, 6.45) is 1.69. The lowest BCUT2D eigenvalue weighted by Crippen LogP contribution is -2.31. The highest BCUT2D eigenvalue weighted by molar-refractivity contribution is 5.75. The Morgan fingerprint density at radius 2 is 2.28 bits per heavy atom. The van der Waals surface area contributed by atoms with E-state index in [0.29, 0.717) is 0 Å². The van der Waals surface area contributed by atoms with Crippen molar-refractivity contribution in [3.63, 3.8) is 0 Å². The Kier molecular flexibility index (Phi) is 5.26. The van der Waals surface area contributed by atoms with Crippen LogP contribution in [0.3, 0.4) is 0 Å². The average molecular weight is 251 g/mol. The highest BCUT2D eigenvalue weighted by atomic mass is 16.6. The van der Waals surface area contributed by atoms with Gasteiger partial charge in [-0.05, 0) is 12.0 Å². The Morgan fingerprint density at radius 1 is 1.56 bits per heavy atom. The number of nitro benzene ring substituents is 1. The van der Waals surface area contributed by atoms with Gasteiger partial charge in [-0.3, -0.25) is 14.9 Å². The third-order valence-electron chi connectivity index (χ3n) is 2.58. The summed E-state index contributed by atoms with van der Waals surface area (Å²) in [6, 6.07) is 6.32. The van der Waals surface area contributed by atoms with Gasteiger partial charge in [-0.1, -0.05) is 25.5 Å². The standard InChI is InChI=1S/C12H17N3O3/c1-2-4-11(14-8-12(13)16)9-5-3-6-10(7-9)15(17)18/h3,5-7,11,14H,2,4,8H2,1H3,(H2,13,16). The highest BCUT2D eigenvalue weighted by Gasteiger charge is 2.14. The smallest absolute Gasteiger partial charge is 0.269 e. The van der Waals surface area contributed by atoms with Gasteiger partial charge in [0.2, 0.25) is 5.91 Å². The predicted octanol–water partition coefficient (Wildman–Crippen LogP) is 1.51. The van der Waals surface area contributed by atoms with Gasteiger partial charge >= 0.3 is 0 Å². The van der Waals surface area contributed by atoms with E-state index in [0.717, 1.165) is 18.4 Å². The molecule has 1 unspecified atom stereocenters. The van der Waals surface area contributed by atoms with E-state index in [-0.39, 0.29) is 18.3 Å². The quantitative estimate of drug-likeness (QED) is 0.566. The van der Waals surface area contributed by atoms with E-state index in [2.05, 4.69) is 5.32 Å². The number of rotatable bonds is 7. The second-order valence-corrected chi connectivity index (χ2v) is 4.04. The van der Waals surface area contributed by atoms with Crippen LogP contribution in [-0.2, 0) is 4.79 Å². The first-order valence-electron chi connectivity index (χ1n) is 5.80. The molecule has 1 aromatic rings. The van der Waals surface area contributed by atoms with Gasteiger partial charge in [0.05, 0.1) is 11.5 Å². The maximum Gasteiger partial charge on any atom is 0.269 e. The maximum atomic E-state index is 10.8. The lowest BCUT2D eigenvalue weighted by molar-refractivity contribution is -0.384. The number of nitrogens with two attached hydrogens (primary N) is 1. The van der Waals surface area contributed by atoms with Crippen LogP contribution in [0.1, 0.15) is 31.4 Å². The van der Waals surface area contributed by atoms with E-state index in [1.54, 1.807) is 12.1 Å². The number of benzene rings is 1. The van der Waals surface area contributed by atoms with Gasteiger partial charge in [-0.25, -0.2) is 0 Å². The topological polar surface area (TPSA) is 98.3 Å². The van der Waals surface area contributed by atoms with Crippen LogP contribution in [0.25, 0.3) is 0 Å². The SMILES string of the molecule is CCCC(NCC(N)=O)c1cccc([N+](=O)[O-])c1. The molecule has 18 heavy (non-hydrogen) atoms. The molecule has 0 heterocycles. The molecule has 0 aliphatic heterocycles. The number of hydrogen-bond donors (Lipinski definition) is 2. The summed E-state index contributed by atoms with van der Waals surface area (Å²) in [5.74, 6) is -0.443. The van der Waals surface area contributed by atoms with Crippen molar-refractivity contribution in [2.45, 2.75) is 25.8 Å². The van der Waals surface area contributed by atoms with Crippen LogP contribution in [0.5, 0.6) is 0 Å². The zero-order valence-corrected chi connectivity index (χ0v) is 10.3. The van der Waals surface area contributed by atoms with Gasteiger partial charge in [-0.15, -0.1) is 0 Å². The van der Waals surface area contributed by atoms with E-state index in [1.807, 2.05) is 6.92 Å². The summed E-state index contributed by atoms with van der Waals surface area (Å²) >= 11 is 0. The van der Waals surface area contributed by atoms with Crippen LogP contribution >= 0.6 is 0 Å². The molecule has 6 nitrogen and oxygen atoms in total. The number of nitrogens with one attached hydrogen (secondary N) is 1. The Bertz CT molecular complexity index is 434. The molecular weight excluding hydrogens is 234 g/mol. The third-order valence-corrected chi connectivity index (χ3v) is 2.58. The molecule has 0 bridgehead atoms. The van der Waals surface area contributed by atoms with Crippen LogP contribution < -0.4 is 11.1 Å². The van der Waals surface area contributed by atoms with Gasteiger partial charge in [-0.2, -0.15) is 0 Å². The van der Waals surface area contributed by atoms with E-state index < -0.39 is 10.8 Å². The monoisotopic (exact) mass is 251 g/mol. The molecule has 0 saturated carbocycles. The minimum atomic E-state index is -0.443. The first-order chi connectivity index (χ1) is 8.54. The van der Waals surface area contributed by atoms with E-state index >= 15 is 0 Å². The first-order valence-corrected chi connectivity index (χ1v) is 5.80. The second-order valence-electron chi connectivity index (χ2n) is 4.04. The van der Waals surface area contributed by atoms with Crippen molar-refractivity contribution in [2.75, 3.05) is 6.54 Å². The molecular formula is C12H17N3O3. The van der Waals surface area contributed by atoms with Gasteiger partial charge in [0, 0.05) is 18.2 Å². The fourth-order valence-electron chi connectivity index (χ4n) is 1.75. The normalized spacial score (nSPS) is 12.1. The molecule has 1 amide bonds. The Hall–Kier alpha value is -1.95. The zero-order valence-electron chi connectivity index (χ0n) is 10.3. The zero-order chi connectivity index (χ0) is 13.5. The van der Waals surface area contributed by atoms with E-state index in [1.165, 1.54) is 12.1 Å². The van der Waals surface area contributed by atoms with Gasteiger partial charge in [0.15, 0.2) is 0 Å². The number of nitrogens with zero attached hydrogens (tertiary/aromatic N) is 1. The van der Waals surface area contributed by atoms with Gasteiger partial charge in [0.1, 0.15) is 0 Å². The maximum absolute atomic E-state index is 10.8. The molecule has 0 fully saturated rings. The number of nitro groups is 1. The van der Waals surface area contributed by atoms with Crippen LogP contribution in [-0.4, -0.2) is 17.4 Å². The molecule has 0 radical (unpaired) electrons. The minimum absolute atomic E-state index is 0.0504. The Labute approximate surface area is 105 Å². The molecule has 6 heteroatoms. The molecule has 1 atom stereocenters. The van der Waals surface area contributed by atoms with Gasteiger partial charge < -0.3 is 11.1 Å². The Morgan fingerprint density at radius 3 is 2.83 bits per heavy atom. The van der Waals surface area contributed by atoms with Crippen molar-refractivity contribution < 1.29 is 9.72 Å². The van der Waals surface area contributed by atoms with Gasteiger partial charge in [0.25, 0.3) is 5.69 Å². The molecule has 1 aromatic carbocycles. The molecule has 1 rings (SSSR count). The average Bonchev–Trinajstić information content (AvgIpc) is 2.34. The number of hydrogen-bond acceptors (Lipinski definition) is 4.